The van der Waals surface area contributed by atoms with Gasteiger partial charge in [0.15, 0.2) is 11.6 Å². The summed E-state index contributed by atoms with van der Waals surface area (Å²) in [5.41, 5.74) is 0. The first-order chi connectivity index (χ1) is 8.28. The predicted molar refractivity (Wildman–Crippen MR) is 66.2 cm³/mol. The molecule has 0 aliphatic carbocycles. The van der Waals surface area contributed by atoms with Crippen LogP contribution >= 0.6 is 0 Å². The third-order valence-electron chi connectivity index (χ3n) is 2.40. The third-order valence-corrected chi connectivity index (χ3v) is 2.40. The first kappa shape index (κ1) is 13.0. The van der Waals surface area contributed by atoms with E-state index in [9.17, 15) is 0 Å². The molecule has 0 atom stereocenters. The summed E-state index contributed by atoms with van der Waals surface area (Å²) in [6.07, 6.45) is 1.94. The first-order valence-electron chi connectivity index (χ1n) is 5.47. The van der Waals surface area contributed by atoms with Crippen molar-refractivity contribution in [3.63, 3.8) is 0 Å². The van der Waals surface area contributed by atoms with Crippen molar-refractivity contribution in [1.29, 1.82) is 5.26 Å². The molecule has 0 saturated heterocycles. The Hall–Kier alpha value is -2.03. The lowest BCUT2D eigenvalue weighted by atomic mass is 10.3. The maximum atomic E-state index is 8.63. The van der Waals surface area contributed by atoms with Crippen molar-refractivity contribution in [1.82, 2.24) is 9.97 Å². The number of anilines is 2. The summed E-state index contributed by atoms with van der Waals surface area (Å²) >= 11 is 0. The third kappa shape index (κ3) is 2.97. The minimum Gasteiger partial charge on any atom is -0.490 e. The van der Waals surface area contributed by atoms with Crippen LogP contribution < -0.4 is 15.0 Å². The van der Waals surface area contributed by atoms with Crippen LogP contribution in [-0.2, 0) is 0 Å². The number of rotatable bonds is 6. The van der Waals surface area contributed by atoms with Gasteiger partial charge in [0.05, 0.1) is 19.6 Å². The van der Waals surface area contributed by atoms with Gasteiger partial charge < -0.3 is 15.0 Å². The van der Waals surface area contributed by atoms with E-state index in [2.05, 4.69) is 21.4 Å². The van der Waals surface area contributed by atoms with Crippen LogP contribution in [0.1, 0.15) is 13.3 Å². The predicted octanol–water partition coefficient (Wildman–Crippen LogP) is 1.27. The molecule has 1 N–H and O–H groups in total. The lowest BCUT2D eigenvalue weighted by Gasteiger charge is -2.23. The van der Waals surface area contributed by atoms with Crippen LogP contribution in [0.5, 0.6) is 5.75 Å². The van der Waals surface area contributed by atoms with E-state index in [0.717, 1.165) is 6.54 Å². The fourth-order valence-electron chi connectivity index (χ4n) is 1.55. The monoisotopic (exact) mass is 235 g/mol. The molecule has 0 saturated carbocycles. The van der Waals surface area contributed by atoms with Crippen molar-refractivity contribution in [2.75, 3.05) is 37.5 Å². The van der Waals surface area contributed by atoms with Crippen molar-refractivity contribution in [2.24, 2.45) is 0 Å². The molecule has 0 aliphatic rings. The van der Waals surface area contributed by atoms with Crippen LogP contribution in [0.4, 0.5) is 11.6 Å². The molecule has 0 fully saturated rings. The van der Waals surface area contributed by atoms with Crippen LogP contribution in [0.2, 0.25) is 0 Å². The second kappa shape index (κ2) is 6.53. The zero-order valence-electron chi connectivity index (χ0n) is 10.4. The second-order valence-corrected chi connectivity index (χ2v) is 3.32. The number of ether oxygens (including phenoxy) is 1. The minimum absolute atomic E-state index is 0.454. The largest absolute Gasteiger partial charge is 0.490 e. The molecule has 0 aliphatic heterocycles. The topological polar surface area (TPSA) is 74.1 Å². The van der Waals surface area contributed by atoms with Gasteiger partial charge in [-0.15, -0.1) is 0 Å². The van der Waals surface area contributed by atoms with Crippen molar-refractivity contribution in [2.45, 2.75) is 13.3 Å². The number of nitrogens with zero attached hydrogens (tertiary/aromatic N) is 4. The highest BCUT2D eigenvalue weighted by Crippen LogP contribution is 2.31. The van der Waals surface area contributed by atoms with Crippen molar-refractivity contribution in [3.8, 4) is 11.8 Å². The summed E-state index contributed by atoms with van der Waals surface area (Å²) in [6, 6.07) is 2.13. The molecule has 1 rings (SSSR count). The molecule has 0 unspecified atom stereocenters. The molecule has 17 heavy (non-hydrogen) atoms. The van der Waals surface area contributed by atoms with Crippen LogP contribution in [0.3, 0.4) is 0 Å². The molecule has 0 bridgehead atoms. The van der Waals surface area contributed by atoms with Crippen molar-refractivity contribution < 1.29 is 4.74 Å². The normalized spacial score (nSPS) is 9.53. The van der Waals surface area contributed by atoms with Crippen molar-refractivity contribution >= 4 is 11.6 Å². The Labute approximate surface area is 101 Å². The molecule has 1 aromatic heterocycles. The van der Waals surface area contributed by atoms with E-state index in [-0.39, 0.29) is 0 Å². The average Bonchev–Trinajstić information content (AvgIpc) is 2.39. The Morgan fingerprint density at radius 2 is 2.29 bits per heavy atom. The first-order valence-corrected chi connectivity index (χ1v) is 5.47. The van der Waals surface area contributed by atoms with Gasteiger partial charge in [0.2, 0.25) is 5.75 Å². The molecule has 1 heterocycles. The summed E-state index contributed by atoms with van der Waals surface area (Å²) in [7, 11) is 3.36. The van der Waals surface area contributed by atoms with Crippen LogP contribution in [0.25, 0.3) is 0 Å². The molecule has 6 nitrogen and oxygen atoms in total. The van der Waals surface area contributed by atoms with Gasteiger partial charge in [0, 0.05) is 20.1 Å². The number of hydrogen-bond acceptors (Lipinski definition) is 6. The summed E-state index contributed by atoms with van der Waals surface area (Å²) < 4.78 is 5.32. The SMILES string of the molecule is CCN(CCC#N)c1ncnc(NC)c1OC. The van der Waals surface area contributed by atoms with Gasteiger partial charge in [0.25, 0.3) is 0 Å². The molecule has 0 radical (unpaired) electrons. The highest BCUT2D eigenvalue weighted by Gasteiger charge is 2.16. The molecule has 92 valence electrons. The maximum absolute atomic E-state index is 8.63. The quantitative estimate of drug-likeness (QED) is 0.800. The van der Waals surface area contributed by atoms with Gasteiger partial charge in [-0.1, -0.05) is 0 Å². The lowest BCUT2D eigenvalue weighted by Crippen LogP contribution is -2.25. The summed E-state index contributed by atoms with van der Waals surface area (Å²) in [6.45, 7) is 3.40. The number of nitrogens with one attached hydrogen (secondary N) is 1. The zero-order chi connectivity index (χ0) is 12.7. The number of nitriles is 1. The van der Waals surface area contributed by atoms with E-state index in [1.165, 1.54) is 6.33 Å². The molecule has 1 aromatic rings. The Kier molecular flexibility index (Phi) is 5.01. The number of aromatic nitrogens is 2. The van der Waals surface area contributed by atoms with E-state index in [4.69, 9.17) is 10.00 Å². The lowest BCUT2D eigenvalue weighted by molar-refractivity contribution is 0.412. The van der Waals surface area contributed by atoms with Gasteiger partial charge in [-0.3, -0.25) is 0 Å². The van der Waals surface area contributed by atoms with E-state index >= 15 is 0 Å². The average molecular weight is 235 g/mol. The van der Waals surface area contributed by atoms with Gasteiger partial charge in [0.1, 0.15) is 6.33 Å². The molecule has 0 aromatic carbocycles. The molecular formula is C11H17N5O. The number of hydrogen-bond donors (Lipinski definition) is 1. The Balaban J connectivity index is 3.05. The van der Waals surface area contributed by atoms with Gasteiger partial charge >= 0.3 is 0 Å². The Morgan fingerprint density at radius 3 is 2.82 bits per heavy atom. The maximum Gasteiger partial charge on any atom is 0.204 e. The van der Waals surface area contributed by atoms with Gasteiger partial charge in [-0.2, -0.15) is 5.26 Å². The molecule has 0 spiro atoms. The number of methoxy groups -OCH3 is 1. The molecule has 0 amide bonds. The fourth-order valence-corrected chi connectivity index (χ4v) is 1.55. The van der Waals surface area contributed by atoms with Crippen LogP contribution in [0.15, 0.2) is 6.33 Å². The van der Waals surface area contributed by atoms with E-state index < -0.39 is 0 Å². The molecule has 6 heteroatoms. The van der Waals surface area contributed by atoms with Crippen LogP contribution in [0, 0.1) is 11.3 Å². The van der Waals surface area contributed by atoms with Gasteiger partial charge in [-0.05, 0) is 6.92 Å². The van der Waals surface area contributed by atoms with E-state index in [0.29, 0.717) is 30.4 Å². The zero-order valence-corrected chi connectivity index (χ0v) is 10.4. The smallest absolute Gasteiger partial charge is 0.204 e. The minimum atomic E-state index is 0.454. The fraction of sp³-hybridized carbons (Fsp3) is 0.545. The highest BCUT2D eigenvalue weighted by molar-refractivity contribution is 5.64. The second-order valence-electron chi connectivity index (χ2n) is 3.32. The van der Waals surface area contributed by atoms with E-state index in [1.807, 2.05) is 11.8 Å². The summed E-state index contributed by atoms with van der Waals surface area (Å²) in [5.74, 6) is 1.97. The van der Waals surface area contributed by atoms with Crippen molar-refractivity contribution in [3.05, 3.63) is 6.33 Å². The van der Waals surface area contributed by atoms with Crippen LogP contribution in [-0.4, -0.2) is 37.2 Å². The Bertz CT molecular complexity index is 401. The van der Waals surface area contributed by atoms with Gasteiger partial charge in [-0.25, -0.2) is 9.97 Å². The van der Waals surface area contributed by atoms with E-state index in [1.54, 1.807) is 14.2 Å². The summed E-state index contributed by atoms with van der Waals surface area (Å²) in [5, 5.41) is 11.6. The summed E-state index contributed by atoms with van der Waals surface area (Å²) in [4.78, 5) is 10.3. The molecular weight excluding hydrogens is 218 g/mol. The highest BCUT2D eigenvalue weighted by atomic mass is 16.5. The standard InChI is InChI=1S/C11H17N5O/c1-4-16(7-5-6-12)11-9(17-3)10(13-2)14-8-15-11/h8H,4-5,7H2,1-3H3,(H,13,14,15). The Morgan fingerprint density at radius 1 is 1.53 bits per heavy atom.